The SMILES string of the molecule is CCCCCCCCCCCC(NC(=O)NC1CCCCC1OC(=O)CCNC(=O)C1OC(C)(C)OCC1(C)C)C(C)(C)C. The Hall–Kier alpha value is -1.87. The Bertz CT molecular complexity index is 884. The highest BCUT2D eigenvalue weighted by Crippen LogP contribution is 2.35. The van der Waals surface area contributed by atoms with Crippen molar-refractivity contribution >= 4 is 17.9 Å². The summed E-state index contributed by atoms with van der Waals surface area (Å²) in [6.45, 7) is 16.8. The van der Waals surface area contributed by atoms with Crippen LogP contribution < -0.4 is 16.0 Å². The smallest absolute Gasteiger partial charge is 0.315 e. The summed E-state index contributed by atoms with van der Waals surface area (Å²) in [5.74, 6) is -1.48. The Morgan fingerprint density at radius 1 is 0.909 bits per heavy atom. The molecule has 0 aromatic heterocycles. The number of urea groups is 1. The quantitative estimate of drug-likeness (QED) is 0.117. The van der Waals surface area contributed by atoms with Crippen molar-refractivity contribution in [2.45, 2.75) is 182 Å². The van der Waals surface area contributed by atoms with Gasteiger partial charge in [-0.05, 0) is 44.9 Å². The Labute approximate surface area is 268 Å². The number of carbonyl (C=O) groups is 3. The van der Waals surface area contributed by atoms with Crippen molar-refractivity contribution in [2.75, 3.05) is 13.2 Å². The average molecular weight is 624 g/mol. The monoisotopic (exact) mass is 623 g/mol. The lowest BCUT2D eigenvalue weighted by Gasteiger charge is -2.44. The van der Waals surface area contributed by atoms with Crippen molar-refractivity contribution in [2.24, 2.45) is 10.8 Å². The van der Waals surface area contributed by atoms with Crippen molar-refractivity contribution in [3.63, 3.8) is 0 Å². The third-order valence-corrected chi connectivity index (χ3v) is 9.02. The summed E-state index contributed by atoms with van der Waals surface area (Å²) < 4.78 is 17.4. The Morgan fingerprint density at radius 2 is 1.52 bits per heavy atom. The van der Waals surface area contributed by atoms with Gasteiger partial charge in [-0.15, -0.1) is 0 Å². The van der Waals surface area contributed by atoms with Crippen LogP contribution in [-0.2, 0) is 23.8 Å². The summed E-state index contributed by atoms with van der Waals surface area (Å²) in [5, 5.41) is 9.19. The van der Waals surface area contributed by atoms with E-state index in [0.717, 1.165) is 32.1 Å². The number of rotatable bonds is 17. The Balaban J connectivity index is 1.77. The van der Waals surface area contributed by atoms with E-state index in [4.69, 9.17) is 14.2 Å². The number of amides is 3. The van der Waals surface area contributed by atoms with Gasteiger partial charge in [0, 0.05) is 18.0 Å². The number of hydrogen-bond donors (Lipinski definition) is 3. The van der Waals surface area contributed by atoms with E-state index in [1.807, 2.05) is 13.8 Å². The van der Waals surface area contributed by atoms with E-state index in [2.05, 4.69) is 43.6 Å². The van der Waals surface area contributed by atoms with Gasteiger partial charge in [0.15, 0.2) is 5.79 Å². The van der Waals surface area contributed by atoms with Gasteiger partial charge in [-0.3, -0.25) is 9.59 Å². The fourth-order valence-corrected chi connectivity index (χ4v) is 6.08. The summed E-state index contributed by atoms with van der Waals surface area (Å²) >= 11 is 0. The lowest BCUT2D eigenvalue weighted by Crippen LogP contribution is -2.56. The minimum atomic E-state index is -0.841. The molecule has 0 aromatic carbocycles. The highest BCUT2D eigenvalue weighted by atomic mass is 16.7. The molecule has 1 saturated carbocycles. The molecule has 9 nitrogen and oxygen atoms in total. The fraction of sp³-hybridized carbons (Fsp3) is 0.914. The molecule has 4 atom stereocenters. The summed E-state index contributed by atoms with van der Waals surface area (Å²) in [7, 11) is 0. The molecule has 3 N–H and O–H groups in total. The standard InChI is InChI=1S/C35H65N3O6/c1-9-10-11-12-13-14-15-16-17-22-28(33(2,3)4)38-32(41)37-26-20-18-19-21-27(26)43-29(39)23-24-36-31(40)30-34(5,6)25-42-35(7,8)44-30/h26-28,30H,9-25H2,1-8H3,(H,36,40)(H2,37,38,41). The third-order valence-electron chi connectivity index (χ3n) is 9.02. The second-order valence-electron chi connectivity index (χ2n) is 15.3. The van der Waals surface area contributed by atoms with Crippen LogP contribution in [0.4, 0.5) is 4.79 Å². The molecule has 3 amide bonds. The predicted octanol–water partition coefficient (Wildman–Crippen LogP) is 7.16. The lowest BCUT2D eigenvalue weighted by molar-refractivity contribution is -0.304. The van der Waals surface area contributed by atoms with Crippen LogP contribution in [0.15, 0.2) is 0 Å². The van der Waals surface area contributed by atoms with Crippen molar-refractivity contribution in [1.29, 1.82) is 0 Å². The van der Waals surface area contributed by atoms with E-state index in [1.54, 1.807) is 13.8 Å². The molecule has 2 fully saturated rings. The van der Waals surface area contributed by atoms with Gasteiger partial charge in [0.25, 0.3) is 0 Å². The van der Waals surface area contributed by atoms with Gasteiger partial charge < -0.3 is 30.2 Å². The first-order valence-electron chi connectivity index (χ1n) is 17.5. The molecule has 0 spiro atoms. The number of nitrogens with one attached hydrogen (secondary N) is 3. The molecular weight excluding hydrogens is 558 g/mol. The molecule has 0 bridgehead atoms. The van der Waals surface area contributed by atoms with Crippen LogP contribution >= 0.6 is 0 Å². The zero-order chi connectivity index (χ0) is 32.8. The molecule has 9 heteroatoms. The number of carbonyl (C=O) groups excluding carboxylic acids is 3. The minimum Gasteiger partial charge on any atom is -0.460 e. The first-order valence-corrected chi connectivity index (χ1v) is 17.5. The van der Waals surface area contributed by atoms with Crippen molar-refractivity contribution < 1.29 is 28.6 Å². The molecule has 0 radical (unpaired) electrons. The molecule has 2 aliphatic rings. The fourth-order valence-electron chi connectivity index (χ4n) is 6.08. The molecule has 1 heterocycles. The second-order valence-corrected chi connectivity index (χ2v) is 15.3. The molecule has 0 aromatic rings. The van der Waals surface area contributed by atoms with Gasteiger partial charge in [0.2, 0.25) is 5.91 Å². The van der Waals surface area contributed by atoms with Crippen LogP contribution in [0.25, 0.3) is 0 Å². The van der Waals surface area contributed by atoms with Crippen molar-refractivity contribution in [1.82, 2.24) is 16.0 Å². The highest BCUT2D eigenvalue weighted by Gasteiger charge is 2.45. The Kier molecular flexibility index (Phi) is 16.0. The van der Waals surface area contributed by atoms with Crippen molar-refractivity contribution in [3.05, 3.63) is 0 Å². The third kappa shape index (κ3) is 14.1. The van der Waals surface area contributed by atoms with Crippen LogP contribution in [-0.4, -0.2) is 61.1 Å². The molecule has 1 aliphatic heterocycles. The summed E-state index contributed by atoms with van der Waals surface area (Å²) in [6.07, 6.45) is 14.9. The van der Waals surface area contributed by atoms with Gasteiger partial charge in [-0.1, -0.05) is 106 Å². The summed E-state index contributed by atoms with van der Waals surface area (Å²) in [5.41, 5.74) is -0.539. The summed E-state index contributed by atoms with van der Waals surface area (Å²) in [6, 6.07) is -0.354. The van der Waals surface area contributed by atoms with Gasteiger partial charge in [0.1, 0.15) is 12.2 Å². The Morgan fingerprint density at radius 3 is 2.16 bits per heavy atom. The second kappa shape index (κ2) is 18.3. The molecular formula is C35H65N3O6. The zero-order valence-electron chi connectivity index (χ0n) is 29.3. The zero-order valence-corrected chi connectivity index (χ0v) is 29.3. The molecule has 4 unspecified atom stereocenters. The van der Waals surface area contributed by atoms with Crippen LogP contribution in [0.5, 0.6) is 0 Å². The average Bonchev–Trinajstić information content (AvgIpc) is 2.93. The first-order chi connectivity index (χ1) is 20.6. The number of ether oxygens (including phenoxy) is 3. The van der Waals surface area contributed by atoms with E-state index in [1.165, 1.54) is 51.4 Å². The molecule has 1 aliphatic carbocycles. The first kappa shape index (κ1) is 38.3. The van der Waals surface area contributed by atoms with E-state index in [9.17, 15) is 14.4 Å². The number of esters is 1. The molecule has 256 valence electrons. The molecule has 44 heavy (non-hydrogen) atoms. The number of hydrogen-bond acceptors (Lipinski definition) is 6. The number of unbranched alkanes of at least 4 members (excludes halogenated alkanes) is 8. The van der Waals surface area contributed by atoms with Crippen LogP contribution in [0, 0.1) is 10.8 Å². The topological polar surface area (TPSA) is 115 Å². The highest BCUT2D eigenvalue weighted by molar-refractivity contribution is 5.82. The maximum atomic E-state index is 13.1. The van der Waals surface area contributed by atoms with Gasteiger partial charge in [0.05, 0.1) is 19.1 Å². The van der Waals surface area contributed by atoms with E-state index >= 15 is 0 Å². The molecule has 2 rings (SSSR count). The lowest BCUT2D eigenvalue weighted by atomic mass is 9.83. The van der Waals surface area contributed by atoms with Crippen LogP contribution in [0.3, 0.4) is 0 Å². The van der Waals surface area contributed by atoms with Gasteiger partial charge >= 0.3 is 12.0 Å². The summed E-state index contributed by atoms with van der Waals surface area (Å²) in [4.78, 5) is 38.7. The normalized spacial score (nSPS) is 23.8. The van der Waals surface area contributed by atoms with Gasteiger partial charge in [-0.2, -0.15) is 0 Å². The largest absolute Gasteiger partial charge is 0.460 e. The van der Waals surface area contributed by atoms with Gasteiger partial charge in [-0.25, -0.2) is 4.79 Å². The van der Waals surface area contributed by atoms with Crippen molar-refractivity contribution in [3.8, 4) is 0 Å². The van der Waals surface area contributed by atoms with E-state index in [-0.39, 0.29) is 54.5 Å². The maximum Gasteiger partial charge on any atom is 0.315 e. The predicted molar refractivity (Wildman–Crippen MR) is 175 cm³/mol. The van der Waals surface area contributed by atoms with E-state index < -0.39 is 17.3 Å². The van der Waals surface area contributed by atoms with Crippen LogP contribution in [0.1, 0.15) is 152 Å². The minimum absolute atomic E-state index is 0.0545. The maximum absolute atomic E-state index is 13.1. The van der Waals surface area contributed by atoms with E-state index in [0.29, 0.717) is 13.0 Å². The van der Waals surface area contributed by atoms with Crippen LogP contribution in [0.2, 0.25) is 0 Å². The molecule has 1 saturated heterocycles.